The molecule has 14 heteroatoms. The van der Waals surface area contributed by atoms with Gasteiger partial charge >= 0.3 is 0 Å². The molecule has 0 aromatic heterocycles. The van der Waals surface area contributed by atoms with Gasteiger partial charge in [-0.2, -0.15) is 0 Å². The number of unbranched alkanes of at least 4 members (excludes halogenated alkanes) is 23. The van der Waals surface area contributed by atoms with Crippen molar-refractivity contribution >= 4 is 5.91 Å². The second-order valence-electron chi connectivity index (χ2n) is 16.6. The van der Waals surface area contributed by atoms with E-state index in [1.165, 1.54) is 142 Å². The van der Waals surface area contributed by atoms with E-state index in [2.05, 4.69) is 12.2 Å². The summed E-state index contributed by atoms with van der Waals surface area (Å²) in [5.74, 6) is -0.415. The third-order valence-electron chi connectivity index (χ3n) is 11.5. The van der Waals surface area contributed by atoms with Crippen LogP contribution in [-0.4, -0.2) is 140 Å². The highest BCUT2D eigenvalue weighted by Crippen LogP contribution is 2.30. The molecule has 14 nitrogen and oxygen atoms in total. The average Bonchev–Trinajstić information content (AvgIpc) is 3.21. The molecule has 0 saturated carbocycles. The smallest absolute Gasteiger partial charge is 0.217 e. The topological polar surface area (TPSA) is 228 Å². The SMILES string of the molecule is CCCCCCCCCCCCCCCCCCCCCCCCC/C=C/C(O)C(COC1OC(CO)C(OC2OC(CO)C(O)C(O)C2O)C(O)C1O)NC(C)=O. The standard InChI is InChI=1S/C44H83NO13/c1-3-4-5-6-7-8-9-10-11-12-13-14-15-16-17-18-19-20-21-22-23-24-25-26-27-28-34(49)33(45-32(2)48)31-55-43-41(54)39(52)42(36(30-47)57-43)58-44-40(53)38(51)37(50)35(29-46)56-44/h27-28,33-44,46-47,49-54H,3-26,29-31H2,1-2H3,(H,45,48)/b28-27+. The van der Waals surface area contributed by atoms with Gasteiger partial charge in [0.15, 0.2) is 12.6 Å². The van der Waals surface area contributed by atoms with Crippen LogP contribution < -0.4 is 5.32 Å². The molecule has 2 rings (SSSR count). The van der Waals surface area contributed by atoms with Gasteiger partial charge < -0.3 is 65.1 Å². The minimum Gasteiger partial charge on any atom is -0.394 e. The minimum absolute atomic E-state index is 0.310. The van der Waals surface area contributed by atoms with E-state index in [4.69, 9.17) is 18.9 Å². The largest absolute Gasteiger partial charge is 0.394 e. The maximum Gasteiger partial charge on any atom is 0.217 e. The highest BCUT2D eigenvalue weighted by atomic mass is 16.7. The number of carbonyl (C=O) groups is 1. The van der Waals surface area contributed by atoms with Crippen molar-refractivity contribution in [2.24, 2.45) is 0 Å². The van der Waals surface area contributed by atoms with Gasteiger partial charge in [0.1, 0.15) is 48.8 Å². The zero-order valence-corrected chi connectivity index (χ0v) is 35.8. The van der Waals surface area contributed by atoms with Crippen molar-refractivity contribution in [1.29, 1.82) is 0 Å². The number of hydrogen-bond acceptors (Lipinski definition) is 13. The van der Waals surface area contributed by atoms with Crippen molar-refractivity contribution in [3.8, 4) is 0 Å². The second-order valence-corrected chi connectivity index (χ2v) is 16.6. The summed E-state index contributed by atoms with van der Waals surface area (Å²) in [6, 6.07) is -0.910. The Kier molecular flexibility index (Phi) is 29.6. The zero-order valence-electron chi connectivity index (χ0n) is 35.8. The first-order chi connectivity index (χ1) is 28.0. The fraction of sp³-hybridized carbons (Fsp3) is 0.932. The molecule has 2 saturated heterocycles. The predicted molar refractivity (Wildman–Crippen MR) is 222 cm³/mol. The van der Waals surface area contributed by atoms with E-state index < -0.39 is 92.7 Å². The molecule has 342 valence electrons. The van der Waals surface area contributed by atoms with Crippen LogP contribution in [0.1, 0.15) is 168 Å². The third-order valence-corrected chi connectivity index (χ3v) is 11.5. The lowest BCUT2D eigenvalue weighted by Gasteiger charge is -2.46. The molecule has 0 aromatic carbocycles. The van der Waals surface area contributed by atoms with Gasteiger partial charge in [0, 0.05) is 6.92 Å². The molecule has 0 spiro atoms. The maximum absolute atomic E-state index is 11.9. The number of aliphatic hydroxyl groups excluding tert-OH is 8. The van der Waals surface area contributed by atoms with Crippen molar-refractivity contribution in [2.45, 2.75) is 242 Å². The van der Waals surface area contributed by atoms with Crippen molar-refractivity contribution in [2.75, 3.05) is 19.8 Å². The van der Waals surface area contributed by atoms with Crippen LogP contribution in [0.4, 0.5) is 0 Å². The van der Waals surface area contributed by atoms with Crippen molar-refractivity contribution in [1.82, 2.24) is 5.32 Å². The van der Waals surface area contributed by atoms with Crippen molar-refractivity contribution < 1.29 is 64.6 Å². The molecular formula is C44H83NO13. The lowest BCUT2D eigenvalue weighted by Crippen LogP contribution is -2.65. The Balaban J connectivity index is 1.56. The Morgan fingerprint density at radius 3 is 1.48 bits per heavy atom. The first-order valence-electron chi connectivity index (χ1n) is 22.9. The van der Waals surface area contributed by atoms with Crippen molar-refractivity contribution in [3.63, 3.8) is 0 Å². The van der Waals surface area contributed by atoms with E-state index >= 15 is 0 Å². The average molecular weight is 834 g/mol. The van der Waals surface area contributed by atoms with E-state index in [-0.39, 0.29) is 6.61 Å². The van der Waals surface area contributed by atoms with E-state index in [1.54, 1.807) is 6.08 Å². The summed E-state index contributed by atoms with van der Waals surface area (Å²) >= 11 is 0. The summed E-state index contributed by atoms with van der Waals surface area (Å²) in [6.07, 6.45) is 18.1. The van der Waals surface area contributed by atoms with Crippen LogP contribution in [0.5, 0.6) is 0 Å². The molecule has 2 fully saturated rings. The van der Waals surface area contributed by atoms with Crippen LogP contribution in [0.3, 0.4) is 0 Å². The Hall–Kier alpha value is -1.27. The van der Waals surface area contributed by atoms with Gasteiger partial charge in [0.2, 0.25) is 5.91 Å². The van der Waals surface area contributed by atoms with Gasteiger partial charge in [0.05, 0.1) is 32.0 Å². The lowest BCUT2D eigenvalue weighted by molar-refractivity contribution is -0.359. The van der Waals surface area contributed by atoms with Gasteiger partial charge in [-0.25, -0.2) is 0 Å². The molecule has 0 aliphatic carbocycles. The summed E-state index contributed by atoms with van der Waals surface area (Å²) in [5, 5.41) is 84.9. The molecule has 2 aliphatic heterocycles. The fourth-order valence-corrected chi connectivity index (χ4v) is 7.80. The van der Waals surface area contributed by atoms with Gasteiger partial charge in [-0.1, -0.05) is 160 Å². The van der Waals surface area contributed by atoms with E-state index in [0.717, 1.165) is 19.3 Å². The fourth-order valence-electron chi connectivity index (χ4n) is 7.80. The van der Waals surface area contributed by atoms with Crippen molar-refractivity contribution in [3.05, 3.63) is 12.2 Å². The predicted octanol–water partition coefficient (Wildman–Crippen LogP) is 4.43. The van der Waals surface area contributed by atoms with Crippen LogP contribution in [-0.2, 0) is 23.7 Å². The molecule has 1 amide bonds. The summed E-state index contributed by atoms with van der Waals surface area (Å²) in [7, 11) is 0. The normalized spacial score (nSPS) is 28.9. The number of allylic oxidation sites excluding steroid dienone is 1. The van der Waals surface area contributed by atoms with Crippen LogP contribution in [0.15, 0.2) is 12.2 Å². The summed E-state index contributed by atoms with van der Waals surface area (Å²) in [4.78, 5) is 11.9. The summed E-state index contributed by atoms with van der Waals surface area (Å²) < 4.78 is 22.2. The second kappa shape index (κ2) is 32.4. The van der Waals surface area contributed by atoms with Gasteiger partial charge in [-0.3, -0.25) is 4.79 Å². The Bertz CT molecular complexity index is 1040. The molecule has 58 heavy (non-hydrogen) atoms. The molecule has 9 N–H and O–H groups in total. The molecular weight excluding hydrogens is 750 g/mol. The summed E-state index contributed by atoms with van der Waals surface area (Å²) in [5.41, 5.74) is 0. The first kappa shape index (κ1) is 52.9. The molecule has 2 aliphatic rings. The monoisotopic (exact) mass is 834 g/mol. The number of carbonyl (C=O) groups excluding carboxylic acids is 1. The highest BCUT2D eigenvalue weighted by molar-refractivity contribution is 5.73. The molecule has 12 atom stereocenters. The van der Waals surface area contributed by atoms with Crippen LogP contribution in [0, 0.1) is 0 Å². The van der Waals surface area contributed by atoms with Gasteiger partial charge in [-0.15, -0.1) is 0 Å². The van der Waals surface area contributed by atoms with E-state index in [0.29, 0.717) is 0 Å². The molecule has 0 aromatic rings. The highest BCUT2D eigenvalue weighted by Gasteiger charge is 2.50. The molecule has 0 radical (unpaired) electrons. The Labute approximate surface area is 348 Å². The number of aliphatic hydroxyl groups is 8. The number of hydrogen-bond donors (Lipinski definition) is 9. The number of rotatable bonds is 34. The lowest BCUT2D eigenvalue weighted by atomic mass is 9.97. The maximum atomic E-state index is 11.9. The van der Waals surface area contributed by atoms with Crippen LogP contribution >= 0.6 is 0 Å². The van der Waals surface area contributed by atoms with E-state index in [1.807, 2.05) is 6.08 Å². The quantitative estimate of drug-likeness (QED) is 0.0324. The minimum atomic E-state index is -1.78. The number of ether oxygens (including phenoxy) is 4. The Morgan fingerprint density at radius 2 is 1.03 bits per heavy atom. The summed E-state index contributed by atoms with van der Waals surface area (Å²) in [6.45, 7) is 1.84. The third kappa shape index (κ3) is 21.0. The number of amides is 1. The molecule has 12 unspecified atom stereocenters. The van der Waals surface area contributed by atoms with Crippen LogP contribution in [0.2, 0.25) is 0 Å². The molecule has 2 heterocycles. The Morgan fingerprint density at radius 1 is 0.603 bits per heavy atom. The number of nitrogens with one attached hydrogen (secondary N) is 1. The van der Waals surface area contributed by atoms with Gasteiger partial charge in [0.25, 0.3) is 0 Å². The first-order valence-corrected chi connectivity index (χ1v) is 22.9. The van der Waals surface area contributed by atoms with Gasteiger partial charge in [-0.05, 0) is 12.8 Å². The molecule has 0 bridgehead atoms. The zero-order chi connectivity index (χ0) is 42.5. The van der Waals surface area contributed by atoms with Crippen LogP contribution in [0.25, 0.3) is 0 Å². The van der Waals surface area contributed by atoms with E-state index in [9.17, 15) is 45.6 Å².